The molecule has 6 heteroatoms. The summed E-state index contributed by atoms with van der Waals surface area (Å²) in [7, 11) is 0. The Hall–Kier alpha value is -3.12. The lowest BCUT2D eigenvalue weighted by Gasteiger charge is -2.33. The second-order valence-corrected chi connectivity index (χ2v) is 9.02. The normalized spacial score (nSPS) is 16.2. The van der Waals surface area contributed by atoms with E-state index in [4.69, 9.17) is 14.2 Å². The van der Waals surface area contributed by atoms with Gasteiger partial charge in [-0.3, -0.25) is 4.90 Å². The zero-order valence-electron chi connectivity index (χ0n) is 21.4. The Labute approximate surface area is 209 Å². The molecule has 6 nitrogen and oxygen atoms in total. The molecule has 0 spiro atoms. The van der Waals surface area contributed by atoms with Crippen LogP contribution in [-0.4, -0.2) is 40.7 Å². The summed E-state index contributed by atoms with van der Waals surface area (Å²) < 4.78 is 18.0. The highest BCUT2D eigenvalue weighted by atomic mass is 16.5. The van der Waals surface area contributed by atoms with E-state index in [0.29, 0.717) is 44.2 Å². The maximum atomic E-state index is 6.11. The molecule has 0 bridgehead atoms. The first-order chi connectivity index (χ1) is 17.1. The molecule has 1 aliphatic heterocycles. The number of nitrogens with zero attached hydrogens (tertiary/aromatic N) is 3. The molecule has 2 heterocycles. The highest BCUT2D eigenvalue weighted by molar-refractivity contribution is 5.68. The molecular formula is C29H37N3O3. The van der Waals surface area contributed by atoms with Crippen LogP contribution in [0.4, 0.5) is 0 Å². The lowest BCUT2D eigenvalue weighted by Crippen LogP contribution is -2.37. The summed E-state index contributed by atoms with van der Waals surface area (Å²) in [4.78, 5) is 11.8. The maximum Gasteiger partial charge on any atom is 0.323 e. The van der Waals surface area contributed by atoms with Crippen molar-refractivity contribution in [1.82, 2.24) is 14.9 Å². The molecule has 0 N–H and O–H groups in total. The fraction of sp³-hybridized carbons (Fsp3) is 0.448. The van der Waals surface area contributed by atoms with Gasteiger partial charge in [0.05, 0.1) is 18.8 Å². The van der Waals surface area contributed by atoms with Crippen LogP contribution < -0.4 is 14.2 Å². The summed E-state index contributed by atoms with van der Waals surface area (Å²) in [6.07, 6.45) is 3.70. The van der Waals surface area contributed by atoms with Gasteiger partial charge in [0.25, 0.3) is 0 Å². The first-order valence-electron chi connectivity index (χ1n) is 12.8. The summed E-state index contributed by atoms with van der Waals surface area (Å²) >= 11 is 0. The van der Waals surface area contributed by atoms with Crippen molar-refractivity contribution < 1.29 is 14.2 Å². The monoisotopic (exact) mass is 475 g/mol. The van der Waals surface area contributed by atoms with Gasteiger partial charge in [-0.1, -0.05) is 55.0 Å². The van der Waals surface area contributed by atoms with Crippen LogP contribution in [0.15, 0.2) is 48.5 Å². The quantitative estimate of drug-likeness (QED) is 0.348. The molecule has 1 aliphatic rings. The van der Waals surface area contributed by atoms with E-state index >= 15 is 0 Å². The van der Waals surface area contributed by atoms with Gasteiger partial charge in [0, 0.05) is 12.6 Å². The van der Waals surface area contributed by atoms with Gasteiger partial charge in [-0.25, -0.2) is 0 Å². The standard InChI is InChI=1S/C29H37N3O3/c1-5-33-27-26(19-32-18-11-10-13-21(32)3)28(34-6-2)31-29(30-27)35-20-24-16-12-17-25(22(24)4)23-14-8-7-9-15-23/h7-9,12,14-17,21H,5-6,10-11,13,18-20H2,1-4H3/t21-/m1/s1. The molecule has 0 saturated carbocycles. The van der Waals surface area contributed by atoms with Crippen LogP contribution >= 0.6 is 0 Å². The Balaban J connectivity index is 1.58. The lowest BCUT2D eigenvalue weighted by molar-refractivity contribution is 0.146. The zero-order valence-corrected chi connectivity index (χ0v) is 21.4. The van der Waals surface area contributed by atoms with Gasteiger partial charge < -0.3 is 14.2 Å². The second kappa shape index (κ2) is 12.0. The van der Waals surface area contributed by atoms with Crippen molar-refractivity contribution in [2.75, 3.05) is 19.8 Å². The average molecular weight is 476 g/mol. The minimum Gasteiger partial charge on any atom is -0.477 e. The van der Waals surface area contributed by atoms with Crippen LogP contribution in [-0.2, 0) is 13.2 Å². The summed E-state index contributed by atoms with van der Waals surface area (Å²) in [5.41, 5.74) is 5.57. The molecule has 3 aromatic rings. The molecule has 0 aliphatic carbocycles. The Morgan fingerprint density at radius 3 is 2.26 bits per heavy atom. The highest BCUT2D eigenvalue weighted by Gasteiger charge is 2.25. The van der Waals surface area contributed by atoms with Crippen LogP contribution in [0, 0.1) is 6.92 Å². The van der Waals surface area contributed by atoms with E-state index in [0.717, 1.165) is 17.7 Å². The molecule has 0 unspecified atom stereocenters. The van der Waals surface area contributed by atoms with Gasteiger partial charge in [-0.05, 0) is 69.3 Å². The minimum absolute atomic E-state index is 0.275. The van der Waals surface area contributed by atoms with Gasteiger partial charge in [-0.15, -0.1) is 0 Å². The molecule has 0 radical (unpaired) electrons. The van der Waals surface area contributed by atoms with Crippen LogP contribution in [0.3, 0.4) is 0 Å². The van der Waals surface area contributed by atoms with E-state index in [2.05, 4.69) is 71.2 Å². The van der Waals surface area contributed by atoms with Crippen molar-refractivity contribution >= 4 is 0 Å². The van der Waals surface area contributed by atoms with E-state index < -0.39 is 0 Å². The Kier molecular flexibility index (Phi) is 8.59. The third kappa shape index (κ3) is 6.12. The molecule has 186 valence electrons. The van der Waals surface area contributed by atoms with Gasteiger partial charge in [-0.2, -0.15) is 9.97 Å². The number of aromatic nitrogens is 2. The molecule has 1 aromatic heterocycles. The van der Waals surface area contributed by atoms with Crippen LogP contribution in [0.2, 0.25) is 0 Å². The van der Waals surface area contributed by atoms with Gasteiger partial charge in [0.2, 0.25) is 11.8 Å². The SMILES string of the molecule is CCOc1nc(OCc2cccc(-c3ccccc3)c2C)nc(OCC)c1CN1CCCC[C@H]1C. The van der Waals surface area contributed by atoms with E-state index in [1.165, 1.54) is 36.0 Å². The number of hydrogen-bond donors (Lipinski definition) is 0. The molecule has 1 atom stereocenters. The van der Waals surface area contributed by atoms with Gasteiger partial charge >= 0.3 is 6.01 Å². The van der Waals surface area contributed by atoms with Crippen molar-refractivity contribution in [3.63, 3.8) is 0 Å². The number of piperidine rings is 1. The number of likely N-dealkylation sites (tertiary alicyclic amines) is 1. The van der Waals surface area contributed by atoms with E-state index in [9.17, 15) is 0 Å². The topological polar surface area (TPSA) is 56.7 Å². The molecule has 1 fully saturated rings. The van der Waals surface area contributed by atoms with Crippen LogP contribution in [0.25, 0.3) is 11.1 Å². The van der Waals surface area contributed by atoms with E-state index in [1.807, 2.05) is 19.9 Å². The Bertz CT molecular complexity index is 1080. The predicted molar refractivity (Wildman–Crippen MR) is 139 cm³/mol. The average Bonchev–Trinajstić information content (AvgIpc) is 2.87. The molecular weight excluding hydrogens is 438 g/mol. The Morgan fingerprint density at radius 1 is 0.886 bits per heavy atom. The number of ether oxygens (including phenoxy) is 3. The van der Waals surface area contributed by atoms with Crippen molar-refractivity contribution in [2.24, 2.45) is 0 Å². The van der Waals surface area contributed by atoms with E-state index in [1.54, 1.807) is 0 Å². The van der Waals surface area contributed by atoms with Gasteiger partial charge in [0.1, 0.15) is 6.61 Å². The first kappa shape index (κ1) is 25.0. The number of hydrogen-bond acceptors (Lipinski definition) is 6. The summed E-state index contributed by atoms with van der Waals surface area (Å²) in [6, 6.07) is 17.5. The minimum atomic E-state index is 0.275. The van der Waals surface area contributed by atoms with Crippen molar-refractivity contribution in [3.8, 4) is 28.9 Å². The fourth-order valence-corrected chi connectivity index (χ4v) is 4.65. The third-order valence-electron chi connectivity index (χ3n) is 6.66. The summed E-state index contributed by atoms with van der Waals surface area (Å²) in [5.74, 6) is 1.10. The zero-order chi connectivity index (χ0) is 24.6. The highest BCUT2D eigenvalue weighted by Crippen LogP contribution is 2.32. The number of benzene rings is 2. The summed E-state index contributed by atoms with van der Waals surface area (Å²) in [5, 5.41) is 0. The van der Waals surface area contributed by atoms with Crippen molar-refractivity contribution in [2.45, 2.75) is 66.2 Å². The molecule has 2 aromatic carbocycles. The van der Waals surface area contributed by atoms with Gasteiger partial charge in [0.15, 0.2) is 0 Å². The van der Waals surface area contributed by atoms with Crippen LogP contribution in [0.5, 0.6) is 17.8 Å². The second-order valence-electron chi connectivity index (χ2n) is 9.02. The largest absolute Gasteiger partial charge is 0.477 e. The first-order valence-corrected chi connectivity index (χ1v) is 12.8. The smallest absolute Gasteiger partial charge is 0.323 e. The number of rotatable bonds is 10. The molecule has 35 heavy (non-hydrogen) atoms. The Morgan fingerprint density at radius 2 is 1.60 bits per heavy atom. The fourth-order valence-electron chi connectivity index (χ4n) is 4.65. The van der Waals surface area contributed by atoms with Crippen molar-refractivity contribution in [3.05, 3.63) is 65.2 Å². The lowest BCUT2D eigenvalue weighted by atomic mass is 9.97. The molecule has 1 saturated heterocycles. The molecule has 0 amide bonds. The maximum absolute atomic E-state index is 6.11. The third-order valence-corrected chi connectivity index (χ3v) is 6.66. The van der Waals surface area contributed by atoms with Crippen LogP contribution in [0.1, 0.15) is 56.7 Å². The summed E-state index contributed by atoms with van der Waals surface area (Å²) in [6.45, 7) is 11.5. The predicted octanol–water partition coefficient (Wildman–Crippen LogP) is 6.20. The molecule has 4 rings (SSSR count). The van der Waals surface area contributed by atoms with E-state index in [-0.39, 0.29) is 6.01 Å². The van der Waals surface area contributed by atoms with Crippen molar-refractivity contribution in [1.29, 1.82) is 0 Å².